The maximum Gasteiger partial charge on any atom is 0.339 e. The van der Waals surface area contributed by atoms with Crippen molar-refractivity contribution in [3.8, 4) is 0 Å². The fourth-order valence-electron chi connectivity index (χ4n) is 2.69. The van der Waals surface area contributed by atoms with Gasteiger partial charge in [-0.25, -0.2) is 4.79 Å². The van der Waals surface area contributed by atoms with Crippen molar-refractivity contribution in [1.82, 2.24) is 4.57 Å². The minimum Gasteiger partial charge on any atom is -0.462 e. The van der Waals surface area contributed by atoms with E-state index in [1.807, 2.05) is 19.3 Å². The van der Waals surface area contributed by atoms with Crippen molar-refractivity contribution in [3.63, 3.8) is 0 Å². The lowest BCUT2D eigenvalue weighted by Gasteiger charge is -2.39. The Kier molecular flexibility index (Phi) is 4.70. The van der Waals surface area contributed by atoms with E-state index in [1.54, 1.807) is 6.07 Å². The van der Waals surface area contributed by atoms with Crippen LogP contribution in [0.1, 0.15) is 49.9 Å². The summed E-state index contributed by atoms with van der Waals surface area (Å²) in [5.74, 6) is -0.263. The van der Waals surface area contributed by atoms with Gasteiger partial charge in [-0.05, 0) is 44.1 Å². The molecule has 0 aliphatic heterocycles. The maximum absolute atomic E-state index is 11.6. The minimum atomic E-state index is -0.563. The Morgan fingerprint density at radius 2 is 2.00 bits per heavy atom. The normalized spacial score (nSPS) is 20.6. The Balaban J connectivity index is 1.98. The molecule has 2 rings (SSSR count). The van der Waals surface area contributed by atoms with Crippen LogP contribution in [0, 0.1) is 5.41 Å². The van der Waals surface area contributed by atoms with E-state index in [0.717, 1.165) is 32.2 Å². The molecule has 112 valence electrons. The van der Waals surface area contributed by atoms with E-state index in [4.69, 9.17) is 27.9 Å². The number of ether oxygens (including phenoxy) is 1. The van der Waals surface area contributed by atoms with Crippen LogP contribution in [0.25, 0.3) is 0 Å². The third-order valence-corrected chi connectivity index (χ3v) is 4.77. The molecule has 0 amide bonds. The lowest BCUT2D eigenvalue weighted by molar-refractivity contribution is 0.0526. The Hall–Kier alpha value is -0.670. The van der Waals surface area contributed by atoms with E-state index in [0.29, 0.717) is 12.2 Å². The molecule has 0 N–H and O–H groups in total. The van der Waals surface area contributed by atoms with Gasteiger partial charge in [-0.1, -0.05) is 6.92 Å². The number of esters is 1. The van der Waals surface area contributed by atoms with Crippen molar-refractivity contribution in [3.05, 3.63) is 24.0 Å². The molecule has 1 fully saturated rings. The SMILES string of the molecule is CCOC(=O)c1ccn(CC2(C)CCC(Cl)(Cl)CC2)c1. The van der Waals surface area contributed by atoms with Crippen molar-refractivity contribution in [2.75, 3.05) is 6.61 Å². The summed E-state index contributed by atoms with van der Waals surface area (Å²) in [4.78, 5) is 11.6. The van der Waals surface area contributed by atoms with Gasteiger partial charge in [0.15, 0.2) is 0 Å². The van der Waals surface area contributed by atoms with Crippen molar-refractivity contribution in [2.45, 2.75) is 50.4 Å². The molecule has 0 aromatic carbocycles. The quantitative estimate of drug-likeness (QED) is 0.608. The molecular weight excluding hydrogens is 297 g/mol. The molecule has 20 heavy (non-hydrogen) atoms. The van der Waals surface area contributed by atoms with E-state index >= 15 is 0 Å². The first kappa shape index (κ1) is 15.7. The number of rotatable bonds is 4. The van der Waals surface area contributed by atoms with Gasteiger partial charge < -0.3 is 9.30 Å². The predicted octanol–water partition coefficient (Wildman–Crippen LogP) is 4.42. The molecule has 0 bridgehead atoms. The minimum absolute atomic E-state index is 0.179. The topological polar surface area (TPSA) is 31.2 Å². The summed E-state index contributed by atoms with van der Waals surface area (Å²) in [7, 11) is 0. The molecule has 1 aliphatic carbocycles. The van der Waals surface area contributed by atoms with Crippen LogP contribution in [0.4, 0.5) is 0 Å². The lowest BCUT2D eigenvalue weighted by atomic mass is 9.75. The molecular formula is C15H21Cl2NO2. The Bertz CT molecular complexity index is 472. The van der Waals surface area contributed by atoms with Crippen LogP contribution in [0.2, 0.25) is 0 Å². The summed E-state index contributed by atoms with van der Waals surface area (Å²) in [5.41, 5.74) is 0.786. The monoisotopic (exact) mass is 317 g/mol. The third-order valence-electron chi connectivity index (χ3n) is 4.01. The van der Waals surface area contributed by atoms with Crippen molar-refractivity contribution < 1.29 is 9.53 Å². The van der Waals surface area contributed by atoms with Gasteiger partial charge in [-0.15, -0.1) is 23.2 Å². The van der Waals surface area contributed by atoms with Crippen LogP contribution in [-0.2, 0) is 11.3 Å². The summed E-state index contributed by atoms with van der Waals surface area (Å²) in [6.45, 7) is 5.33. The van der Waals surface area contributed by atoms with Gasteiger partial charge in [0.25, 0.3) is 0 Å². The highest BCUT2D eigenvalue weighted by Gasteiger charge is 2.38. The zero-order chi connectivity index (χ0) is 14.8. The first-order valence-electron chi connectivity index (χ1n) is 7.04. The summed E-state index contributed by atoms with van der Waals surface area (Å²) in [6, 6.07) is 1.80. The molecule has 1 heterocycles. The molecule has 0 saturated heterocycles. The zero-order valence-corrected chi connectivity index (χ0v) is 13.5. The summed E-state index contributed by atoms with van der Waals surface area (Å²) in [5, 5.41) is 0. The average molecular weight is 318 g/mol. The second-order valence-electron chi connectivity index (χ2n) is 5.96. The van der Waals surface area contributed by atoms with E-state index in [-0.39, 0.29) is 11.4 Å². The number of aromatic nitrogens is 1. The summed E-state index contributed by atoms with van der Waals surface area (Å²) in [6.07, 6.45) is 7.41. The van der Waals surface area contributed by atoms with E-state index in [2.05, 4.69) is 11.5 Å². The Morgan fingerprint density at radius 3 is 2.60 bits per heavy atom. The third kappa shape index (κ3) is 3.92. The largest absolute Gasteiger partial charge is 0.462 e. The van der Waals surface area contributed by atoms with Gasteiger partial charge in [-0.2, -0.15) is 0 Å². The molecule has 0 radical (unpaired) electrons. The van der Waals surface area contributed by atoms with Gasteiger partial charge in [-0.3, -0.25) is 0 Å². The predicted molar refractivity (Wildman–Crippen MR) is 81.4 cm³/mol. The Labute approximate surface area is 130 Å². The highest BCUT2D eigenvalue weighted by atomic mass is 35.5. The maximum atomic E-state index is 11.6. The highest BCUT2D eigenvalue weighted by Crippen LogP contribution is 2.46. The van der Waals surface area contributed by atoms with Gasteiger partial charge in [0.2, 0.25) is 0 Å². The molecule has 0 unspecified atom stereocenters. The van der Waals surface area contributed by atoms with Crippen LogP contribution in [-0.4, -0.2) is 21.5 Å². The fraction of sp³-hybridized carbons (Fsp3) is 0.667. The van der Waals surface area contributed by atoms with Crippen molar-refractivity contribution in [1.29, 1.82) is 0 Å². The van der Waals surface area contributed by atoms with Gasteiger partial charge in [0, 0.05) is 18.9 Å². The summed E-state index contributed by atoms with van der Waals surface area (Å²) < 4.78 is 6.49. The fourth-order valence-corrected chi connectivity index (χ4v) is 3.07. The van der Waals surface area contributed by atoms with Crippen molar-refractivity contribution in [2.24, 2.45) is 5.41 Å². The molecule has 3 nitrogen and oxygen atoms in total. The van der Waals surface area contributed by atoms with Crippen LogP contribution >= 0.6 is 23.2 Å². The smallest absolute Gasteiger partial charge is 0.339 e. The molecule has 5 heteroatoms. The zero-order valence-electron chi connectivity index (χ0n) is 12.0. The lowest BCUT2D eigenvalue weighted by Crippen LogP contribution is -2.32. The standard InChI is InChI=1S/C15H21Cl2NO2/c1-3-20-13(19)12-4-9-18(10-12)11-14(2)5-7-15(16,17)8-6-14/h4,9-10H,3,5-8,11H2,1-2H3. The van der Waals surface area contributed by atoms with Gasteiger partial charge >= 0.3 is 5.97 Å². The Morgan fingerprint density at radius 1 is 1.35 bits per heavy atom. The second-order valence-corrected chi connectivity index (χ2v) is 7.60. The number of hydrogen-bond acceptors (Lipinski definition) is 2. The van der Waals surface area contributed by atoms with E-state index < -0.39 is 4.33 Å². The average Bonchev–Trinajstić information content (AvgIpc) is 2.82. The van der Waals surface area contributed by atoms with Crippen LogP contribution in [0.3, 0.4) is 0 Å². The molecule has 1 aromatic rings. The molecule has 1 saturated carbocycles. The van der Waals surface area contributed by atoms with E-state index in [1.165, 1.54) is 0 Å². The first-order valence-corrected chi connectivity index (χ1v) is 7.80. The molecule has 1 aliphatic rings. The van der Waals surface area contributed by atoms with Crippen LogP contribution in [0.15, 0.2) is 18.5 Å². The first-order chi connectivity index (χ1) is 9.34. The van der Waals surface area contributed by atoms with Gasteiger partial charge in [0.1, 0.15) is 4.33 Å². The second kappa shape index (κ2) is 5.98. The van der Waals surface area contributed by atoms with E-state index in [9.17, 15) is 4.79 Å². The number of alkyl halides is 2. The molecule has 0 spiro atoms. The number of halogens is 2. The number of nitrogens with zero attached hydrogens (tertiary/aromatic N) is 1. The van der Waals surface area contributed by atoms with Gasteiger partial charge in [0.05, 0.1) is 12.2 Å². The number of carbonyl (C=O) groups is 1. The number of hydrogen-bond donors (Lipinski definition) is 0. The van der Waals surface area contributed by atoms with Crippen LogP contribution < -0.4 is 0 Å². The van der Waals surface area contributed by atoms with Crippen LogP contribution in [0.5, 0.6) is 0 Å². The highest BCUT2D eigenvalue weighted by molar-refractivity contribution is 6.48. The molecule has 0 atom stereocenters. The van der Waals surface area contributed by atoms with Crippen molar-refractivity contribution >= 4 is 29.2 Å². The molecule has 1 aromatic heterocycles. The summed E-state index contributed by atoms with van der Waals surface area (Å²) >= 11 is 12.4. The number of carbonyl (C=O) groups excluding carboxylic acids is 1.